The molecule has 1 saturated heterocycles. The minimum Gasteiger partial charge on any atom is -0.313 e. The van der Waals surface area contributed by atoms with Gasteiger partial charge in [-0.3, -0.25) is 4.21 Å². The zero-order valence-electron chi connectivity index (χ0n) is 10.4. The first kappa shape index (κ1) is 12.6. The highest BCUT2D eigenvalue weighted by Crippen LogP contribution is 2.11. The lowest BCUT2D eigenvalue weighted by molar-refractivity contribution is 0.427. The van der Waals surface area contributed by atoms with Crippen molar-refractivity contribution in [2.45, 2.75) is 44.3 Å². The minimum atomic E-state index is -1.09. The fourth-order valence-corrected chi connectivity index (χ4v) is 3.41. The quantitative estimate of drug-likeness (QED) is 0.826. The summed E-state index contributed by atoms with van der Waals surface area (Å²) in [7, 11) is -1.09. The van der Waals surface area contributed by atoms with Crippen molar-refractivity contribution >= 4 is 10.8 Å². The van der Waals surface area contributed by atoms with Gasteiger partial charge in [0.25, 0.3) is 0 Å². The van der Waals surface area contributed by atoms with E-state index in [2.05, 4.69) is 15.3 Å². The zero-order valence-corrected chi connectivity index (χ0v) is 11.2. The van der Waals surface area contributed by atoms with Gasteiger partial charge < -0.3 is 5.32 Å². The van der Waals surface area contributed by atoms with Crippen molar-refractivity contribution in [3.63, 3.8) is 0 Å². The summed E-state index contributed by atoms with van der Waals surface area (Å²) in [5.41, 5.74) is 1.77. The molecule has 1 aromatic heterocycles. The molecule has 0 radical (unpaired) electrons. The van der Waals surface area contributed by atoms with Crippen molar-refractivity contribution in [2.24, 2.45) is 0 Å². The van der Waals surface area contributed by atoms with Crippen LogP contribution >= 0.6 is 0 Å². The Morgan fingerprint density at radius 2 is 2.06 bits per heavy atom. The van der Waals surface area contributed by atoms with Crippen LogP contribution in [0.3, 0.4) is 0 Å². The van der Waals surface area contributed by atoms with Crippen molar-refractivity contribution in [1.82, 2.24) is 15.3 Å². The highest BCUT2D eigenvalue weighted by Gasteiger charge is 2.18. The van der Waals surface area contributed by atoms with Gasteiger partial charge in [-0.25, -0.2) is 9.97 Å². The molecule has 1 aromatic rings. The number of nitrogens with one attached hydrogen (secondary N) is 1. The third-order valence-electron chi connectivity index (χ3n) is 2.93. The second kappa shape index (κ2) is 5.69. The molecule has 1 aliphatic rings. The third kappa shape index (κ3) is 3.57. The molecule has 1 fully saturated rings. The van der Waals surface area contributed by atoms with Gasteiger partial charge in [0.1, 0.15) is 0 Å². The number of aromatic nitrogens is 2. The van der Waals surface area contributed by atoms with E-state index in [-0.39, 0.29) is 0 Å². The predicted octanol–water partition coefficient (Wildman–Crippen LogP) is 1.34. The van der Waals surface area contributed by atoms with Crippen LogP contribution in [0.25, 0.3) is 0 Å². The fourth-order valence-electron chi connectivity index (χ4n) is 2.12. The van der Waals surface area contributed by atoms with E-state index in [1.807, 2.05) is 19.9 Å². The third-order valence-corrected chi connectivity index (χ3v) is 4.23. The van der Waals surface area contributed by atoms with Crippen molar-refractivity contribution in [3.05, 3.63) is 17.5 Å². The summed E-state index contributed by atoms with van der Waals surface area (Å²) in [6, 6.07) is 2.26. The SMILES string of the molecule is Cc1cc(C)nc([S@@](=O)C[C@H]2CCCCN2)n1. The van der Waals surface area contributed by atoms with Crippen LogP contribution in [-0.4, -0.2) is 32.5 Å². The highest BCUT2D eigenvalue weighted by atomic mass is 32.2. The predicted molar refractivity (Wildman–Crippen MR) is 68.4 cm³/mol. The lowest BCUT2D eigenvalue weighted by atomic mass is 10.1. The molecule has 0 aliphatic carbocycles. The average molecular weight is 253 g/mol. The molecule has 17 heavy (non-hydrogen) atoms. The van der Waals surface area contributed by atoms with Crippen LogP contribution in [0.4, 0.5) is 0 Å². The summed E-state index contributed by atoms with van der Waals surface area (Å²) in [6.07, 6.45) is 3.56. The van der Waals surface area contributed by atoms with Crippen molar-refractivity contribution in [3.8, 4) is 0 Å². The van der Waals surface area contributed by atoms with Gasteiger partial charge in [-0.05, 0) is 39.3 Å². The number of piperidine rings is 1. The Morgan fingerprint density at radius 1 is 1.35 bits per heavy atom. The van der Waals surface area contributed by atoms with Crippen molar-refractivity contribution < 1.29 is 4.21 Å². The van der Waals surface area contributed by atoms with Gasteiger partial charge in [0.2, 0.25) is 5.16 Å². The number of hydrogen-bond acceptors (Lipinski definition) is 4. The van der Waals surface area contributed by atoms with Gasteiger partial charge >= 0.3 is 0 Å². The van der Waals surface area contributed by atoms with Crippen LogP contribution in [0.5, 0.6) is 0 Å². The molecule has 0 bridgehead atoms. The van der Waals surface area contributed by atoms with Crippen molar-refractivity contribution in [2.75, 3.05) is 12.3 Å². The zero-order chi connectivity index (χ0) is 12.3. The first-order valence-corrected chi connectivity index (χ1v) is 7.41. The van der Waals surface area contributed by atoms with Crippen LogP contribution in [0.2, 0.25) is 0 Å². The Labute approximate surface area is 105 Å². The number of hydrogen-bond donors (Lipinski definition) is 1. The van der Waals surface area contributed by atoms with Crippen LogP contribution in [0, 0.1) is 13.8 Å². The van der Waals surface area contributed by atoms with Gasteiger partial charge in [-0.15, -0.1) is 0 Å². The Kier molecular flexibility index (Phi) is 4.23. The maximum Gasteiger partial charge on any atom is 0.218 e. The molecule has 5 heteroatoms. The Morgan fingerprint density at radius 3 is 2.65 bits per heavy atom. The maximum atomic E-state index is 12.2. The molecular formula is C12H19N3OS. The summed E-state index contributed by atoms with van der Waals surface area (Å²) in [5, 5.41) is 3.88. The molecule has 1 N–H and O–H groups in total. The monoisotopic (exact) mass is 253 g/mol. The van der Waals surface area contributed by atoms with Gasteiger partial charge in [0.15, 0.2) is 0 Å². The number of nitrogens with zero attached hydrogens (tertiary/aromatic N) is 2. The van der Waals surface area contributed by atoms with Gasteiger partial charge in [0, 0.05) is 23.2 Å². The molecule has 2 heterocycles. The van der Waals surface area contributed by atoms with Gasteiger partial charge in [0.05, 0.1) is 10.8 Å². The average Bonchev–Trinajstić information content (AvgIpc) is 2.29. The minimum absolute atomic E-state index is 0.356. The summed E-state index contributed by atoms with van der Waals surface area (Å²) < 4.78 is 12.2. The molecule has 94 valence electrons. The molecule has 2 atom stereocenters. The van der Waals surface area contributed by atoms with E-state index in [1.165, 1.54) is 12.8 Å². The molecule has 0 unspecified atom stereocenters. The molecule has 0 saturated carbocycles. The summed E-state index contributed by atoms with van der Waals surface area (Å²) in [5.74, 6) is 0.628. The largest absolute Gasteiger partial charge is 0.313 e. The maximum absolute atomic E-state index is 12.2. The summed E-state index contributed by atoms with van der Waals surface area (Å²) in [4.78, 5) is 8.52. The second-order valence-electron chi connectivity index (χ2n) is 4.59. The van der Waals surface area contributed by atoms with E-state index >= 15 is 0 Å². The van der Waals surface area contributed by atoms with E-state index < -0.39 is 10.8 Å². The first-order chi connectivity index (χ1) is 8.15. The van der Waals surface area contributed by atoms with Crippen LogP contribution in [0.15, 0.2) is 11.2 Å². The first-order valence-electron chi connectivity index (χ1n) is 6.09. The highest BCUT2D eigenvalue weighted by molar-refractivity contribution is 7.84. The van der Waals surface area contributed by atoms with E-state index in [0.29, 0.717) is 17.0 Å². The van der Waals surface area contributed by atoms with E-state index in [1.54, 1.807) is 0 Å². The van der Waals surface area contributed by atoms with Crippen LogP contribution in [0.1, 0.15) is 30.7 Å². The molecule has 1 aliphatic heterocycles. The van der Waals surface area contributed by atoms with Crippen LogP contribution in [-0.2, 0) is 10.8 Å². The Balaban J connectivity index is 2.03. The lowest BCUT2D eigenvalue weighted by Gasteiger charge is -2.22. The van der Waals surface area contributed by atoms with Gasteiger partial charge in [-0.2, -0.15) is 0 Å². The van der Waals surface area contributed by atoms with Gasteiger partial charge in [-0.1, -0.05) is 6.42 Å². The molecule has 0 spiro atoms. The molecule has 2 rings (SSSR count). The van der Waals surface area contributed by atoms with Crippen molar-refractivity contribution in [1.29, 1.82) is 0 Å². The summed E-state index contributed by atoms with van der Waals surface area (Å²) in [6.45, 7) is 4.86. The molecular weight excluding hydrogens is 234 g/mol. The fraction of sp³-hybridized carbons (Fsp3) is 0.667. The normalized spacial score (nSPS) is 22.4. The Bertz CT molecular complexity index is 396. The van der Waals surface area contributed by atoms with E-state index in [0.717, 1.165) is 24.4 Å². The Hall–Kier alpha value is -0.810. The summed E-state index contributed by atoms with van der Waals surface area (Å²) >= 11 is 0. The standard InChI is InChI=1S/C12H19N3OS/c1-9-7-10(2)15-12(14-9)17(16)8-11-5-3-4-6-13-11/h7,11,13H,3-6,8H2,1-2H3/t11-,17+/m1/s1. The number of rotatable bonds is 3. The van der Waals surface area contributed by atoms with Crippen LogP contribution < -0.4 is 5.32 Å². The molecule has 4 nitrogen and oxygen atoms in total. The molecule has 0 aromatic carbocycles. The molecule has 0 amide bonds. The van der Waals surface area contributed by atoms with E-state index in [9.17, 15) is 4.21 Å². The second-order valence-corrected chi connectivity index (χ2v) is 5.98. The van der Waals surface area contributed by atoms with E-state index in [4.69, 9.17) is 0 Å². The lowest BCUT2D eigenvalue weighted by Crippen LogP contribution is -2.38. The smallest absolute Gasteiger partial charge is 0.218 e. The topological polar surface area (TPSA) is 54.9 Å². The number of aryl methyl sites for hydroxylation is 2.